The van der Waals surface area contributed by atoms with Crippen LogP contribution in [0.2, 0.25) is 0 Å². The maximum atomic E-state index is 12.1. The van der Waals surface area contributed by atoms with Crippen LogP contribution in [0.3, 0.4) is 0 Å². The lowest BCUT2D eigenvalue weighted by molar-refractivity contribution is -0.148. The molecule has 1 atom stereocenters. The molecule has 2 heterocycles. The highest BCUT2D eigenvalue weighted by atomic mass is 16.5. The second-order valence-corrected chi connectivity index (χ2v) is 6.26. The van der Waals surface area contributed by atoms with Crippen molar-refractivity contribution in [2.75, 3.05) is 13.6 Å². The minimum absolute atomic E-state index is 0.00625. The Morgan fingerprint density at radius 1 is 1.39 bits per heavy atom. The molecular weight excluding hydrogens is 294 g/mol. The van der Waals surface area contributed by atoms with E-state index < -0.39 is 0 Å². The molecule has 122 valence electrons. The van der Waals surface area contributed by atoms with Gasteiger partial charge in [0.15, 0.2) is 0 Å². The van der Waals surface area contributed by atoms with Gasteiger partial charge in [0.2, 0.25) is 5.91 Å². The summed E-state index contributed by atoms with van der Waals surface area (Å²) in [6, 6.07) is 7.70. The number of hydrogen-bond acceptors (Lipinski definition) is 4. The Bertz CT molecular complexity index is 751. The van der Waals surface area contributed by atoms with E-state index >= 15 is 0 Å². The largest absolute Gasteiger partial charge is 0.462 e. The third-order valence-electron chi connectivity index (χ3n) is 4.04. The Kier molecular flexibility index (Phi) is 4.07. The third-order valence-corrected chi connectivity index (χ3v) is 4.04. The zero-order valence-corrected chi connectivity index (χ0v) is 13.7. The number of para-hydroxylation sites is 2. The van der Waals surface area contributed by atoms with Crippen LogP contribution in [0, 0.1) is 0 Å². The van der Waals surface area contributed by atoms with Gasteiger partial charge >= 0.3 is 5.97 Å². The average molecular weight is 315 g/mol. The number of nitrogens with zero attached hydrogens (tertiary/aromatic N) is 3. The van der Waals surface area contributed by atoms with E-state index in [1.165, 1.54) is 0 Å². The molecule has 1 aliphatic heterocycles. The molecule has 0 bridgehead atoms. The summed E-state index contributed by atoms with van der Waals surface area (Å²) in [4.78, 5) is 30.3. The summed E-state index contributed by atoms with van der Waals surface area (Å²) in [6.45, 7) is 4.40. The predicted octanol–water partition coefficient (Wildman–Crippen LogP) is 1.93. The fraction of sp³-hybridized carbons (Fsp3) is 0.471. The van der Waals surface area contributed by atoms with E-state index in [1.54, 1.807) is 11.9 Å². The highest BCUT2D eigenvalue weighted by Crippen LogP contribution is 2.29. The molecule has 1 amide bonds. The molecule has 6 heteroatoms. The lowest BCUT2D eigenvalue weighted by atomic mass is 10.1. The van der Waals surface area contributed by atoms with E-state index in [0.717, 1.165) is 16.9 Å². The van der Waals surface area contributed by atoms with Gasteiger partial charge in [0.25, 0.3) is 0 Å². The van der Waals surface area contributed by atoms with Crippen LogP contribution in [0.25, 0.3) is 11.0 Å². The Morgan fingerprint density at radius 2 is 2.13 bits per heavy atom. The highest BCUT2D eigenvalue weighted by Gasteiger charge is 2.32. The summed E-state index contributed by atoms with van der Waals surface area (Å²) >= 11 is 0. The quantitative estimate of drug-likeness (QED) is 0.809. The summed E-state index contributed by atoms with van der Waals surface area (Å²) in [5, 5.41) is 0. The van der Waals surface area contributed by atoms with Crippen molar-refractivity contribution in [1.29, 1.82) is 0 Å². The van der Waals surface area contributed by atoms with Crippen molar-refractivity contribution in [3.8, 4) is 0 Å². The number of benzene rings is 1. The van der Waals surface area contributed by atoms with Crippen LogP contribution < -0.4 is 0 Å². The van der Waals surface area contributed by atoms with Crippen LogP contribution in [0.1, 0.15) is 32.0 Å². The summed E-state index contributed by atoms with van der Waals surface area (Å²) in [5.41, 5.74) is 1.73. The topological polar surface area (TPSA) is 64.4 Å². The van der Waals surface area contributed by atoms with E-state index in [4.69, 9.17) is 4.74 Å². The summed E-state index contributed by atoms with van der Waals surface area (Å²) < 4.78 is 7.15. The summed E-state index contributed by atoms with van der Waals surface area (Å²) in [7, 11) is 1.79. The molecule has 0 spiro atoms. The van der Waals surface area contributed by atoms with Crippen molar-refractivity contribution in [3.63, 3.8) is 0 Å². The molecule has 6 nitrogen and oxygen atoms in total. The zero-order chi connectivity index (χ0) is 16.6. The van der Waals surface area contributed by atoms with Crippen LogP contribution in [-0.4, -0.2) is 46.0 Å². The lowest BCUT2D eigenvalue weighted by Crippen LogP contribution is -2.21. The predicted molar refractivity (Wildman–Crippen MR) is 86.0 cm³/mol. The molecule has 3 rings (SSSR count). The Labute approximate surface area is 135 Å². The van der Waals surface area contributed by atoms with Crippen LogP contribution in [0.5, 0.6) is 0 Å². The molecule has 0 radical (unpaired) electrons. The number of amides is 1. The number of rotatable bonds is 4. The first-order chi connectivity index (χ1) is 11.0. The minimum atomic E-state index is -0.290. The first-order valence-electron chi connectivity index (χ1n) is 7.84. The van der Waals surface area contributed by atoms with Gasteiger partial charge in [0, 0.05) is 25.9 Å². The van der Waals surface area contributed by atoms with E-state index in [0.29, 0.717) is 13.0 Å². The molecule has 1 aromatic heterocycles. The number of aromatic nitrogens is 2. The first-order valence-corrected chi connectivity index (χ1v) is 7.84. The number of carbonyl (C=O) groups is 2. The van der Waals surface area contributed by atoms with E-state index in [9.17, 15) is 9.59 Å². The van der Waals surface area contributed by atoms with E-state index in [-0.39, 0.29) is 30.4 Å². The maximum absolute atomic E-state index is 12.1. The van der Waals surface area contributed by atoms with E-state index in [1.807, 2.05) is 42.7 Å². The fourth-order valence-corrected chi connectivity index (χ4v) is 3.04. The summed E-state index contributed by atoms with van der Waals surface area (Å²) in [5.74, 6) is 0.608. The number of carbonyl (C=O) groups excluding carboxylic acids is 2. The third kappa shape index (κ3) is 3.06. The molecule has 1 fully saturated rings. The number of fused-ring (bicyclic) bond motifs is 1. The number of likely N-dealkylation sites (N-methyl/N-ethyl adjacent to an activating group) is 1. The molecule has 2 aromatic rings. The van der Waals surface area contributed by atoms with Crippen LogP contribution in [0.4, 0.5) is 0 Å². The van der Waals surface area contributed by atoms with Crippen LogP contribution >= 0.6 is 0 Å². The number of esters is 1. The first kappa shape index (κ1) is 15.5. The SMILES string of the molecule is CC(C)OC(=O)Cn1c(C2CC(=O)N(C)C2)nc2ccccc21. The van der Waals surface area contributed by atoms with Gasteiger partial charge in [0.05, 0.1) is 17.1 Å². The zero-order valence-electron chi connectivity index (χ0n) is 13.7. The van der Waals surface area contributed by atoms with Crippen molar-refractivity contribution >= 4 is 22.9 Å². The van der Waals surface area contributed by atoms with Gasteiger partial charge in [-0.15, -0.1) is 0 Å². The lowest BCUT2D eigenvalue weighted by Gasteiger charge is -2.14. The van der Waals surface area contributed by atoms with Crippen molar-refractivity contribution in [1.82, 2.24) is 14.5 Å². The fourth-order valence-electron chi connectivity index (χ4n) is 3.04. The smallest absolute Gasteiger partial charge is 0.326 e. The van der Waals surface area contributed by atoms with Gasteiger partial charge in [-0.3, -0.25) is 9.59 Å². The molecule has 1 aliphatic rings. The number of likely N-dealkylation sites (tertiary alicyclic amines) is 1. The van der Waals surface area contributed by atoms with Crippen LogP contribution in [-0.2, 0) is 20.9 Å². The Hall–Kier alpha value is -2.37. The minimum Gasteiger partial charge on any atom is -0.462 e. The second-order valence-electron chi connectivity index (χ2n) is 6.26. The van der Waals surface area contributed by atoms with Gasteiger partial charge in [0.1, 0.15) is 12.4 Å². The normalized spacial score (nSPS) is 18.2. The molecule has 1 saturated heterocycles. The Balaban J connectivity index is 1.98. The molecule has 1 aromatic carbocycles. The Morgan fingerprint density at radius 3 is 2.78 bits per heavy atom. The molecule has 0 aliphatic carbocycles. The standard InChI is InChI=1S/C17H21N3O3/c1-11(2)23-16(22)10-20-14-7-5-4-6-13(14)18-17(20)12-8-15(21)19(3)9-12/h4-7,11-12H,8-10H2,1-3H3. The van der Waals surface area contributed by atoms with Crippen molar-refractivity contribution < 1.29 is 14.3 Å². The number of hydrogen-bond donors (Lipinski definition) is 0. The average Bonchev–Trinajstić information content (AvgIpc) is 3.00. The summed E-state index contributed by atoms with van der Waals surface area (Å²) in [6.07, 6.45) is 0.277. The van der Waals surface area contributed by atoms with E-state index in [2.05, 4.69) is 4.98 Å². The van der Waals surface area contributed by atoms with Gasteiger partial charge in [-0.05, 0) is 26.0 Å². The van der Waals surface area contributed by atoms with Gasteiger partial charge in [-0.2, -0.15) is 0 Å². The monoisotopic (exact) mass is 315 g/mol. The molecule has 0 N–H and O–H groups in total. The van der Waals surface area contributed by atoms with Gasteiger partial charge in [-0.1, -0.05) is 12.1 Å². The number of imidazole rings is 1. The van der Waals surface area contributed by atoms with Crippen molar-refractivity contribution in [2.24, 2.45) is 0 Å². The highest BCUT2D eigenvalue weighted by molar-refractivity contribution is 5.81. The van der Waals surface area contributed by atoms with Crippen molar-refractivity contribution in [2.45, 2.75) is 38.8 Å². The maximum Gasteiger partial charge on any atom is 0.326 e. The van der Waals surface area contributed by atoms with Crippen molar-refractivity contribution in [3.05, 3.63) is 30.1 Å². The van der Waals surface area contributed by atoms with Crippen LogP contribution in [0.15, 0.2) is 24.3 Å². The second kappa shape index (κ2) is 6.02. The molecule has 0 saturated carbocycles. The molecule has 23 heavy (non-hydrogen) atoms. The van der Waals surface area contributed by atoms with Gasteiger partial charge < -0.3 is 14.2 Å². The molecular formula is C17H21N3O3. The molecule has 1 unspecified atom stereocenters. The van der Waals surface area contributed by atoms with Gasteiger partial charge in [-0.25, -0.2) is 4.98 Å². The number of ether oxygens (including phenoxy) is 1.